The van der Waals surface area contributed by atoms with Crippen LogP contribution in [0.3, 0.4) is 0 Å². The van der Waals surface area contributed by atoms with Crippen LogP contribution in [-0.2, 0) is 62.2 Å². The number of ketones is 10. The summed E-state index contributed by atoms with van der Waals surface area (Å²) in [6.07, 6.45) is -6.37. The van der Waals surface area contributed by atoms with E-state index in [-0.39, 0.29) is 27.7 Å². The standard InChI is InChI=1S/C32H42O21/c1-12(34)23(44)25(14(3)36)27(46,16(5)38)28(47,17(6)39)30(49,19(8)41)32(53-25,21(10)43)52-24(13(2)35)22(11-33)51-31(50,20(9)42)29(48,18(7)40)26(24,45)15(4)37/h22-23,33,44-50H,11H2,1-10H3/t22-,23?,24-,25-,26+,27+,28+,29-,30-,31?,32-/m1/s1. The molecule has 0 amide bonds. The van der Waals surface area contributed by atoms with Crippen molar-refractivity contribution in [3.8, 4) is 0 Å². The van der Waals surface area contributed by atoms with E-state index >= 15 is 0 Å². The van der Waals surface area contributed by atoms with E-state index in [1.165, 1.54) is 0 Å². The molecule has 2 fully saturated rings. The smallest absolute Gasteiger partial charge is 0.271 e. The molecule has 2 saturated heterocycles. The molecule has 0 aromatic rings. The minimum atomic E-state index is -4.77. The molecule has 21 heteroatoms. The molecule has 0 radical (unpaired) electrons. The van der Waals surface area contributed by atoms with E-state index in [1.54, 1.807) is 0 Å². The van der Waals surface area contributed by atoms with Crippen LogP contribution in [0, 0.1) is 0 Å². The van der Waals surface area contributed by atoms with Crippen LogP contribution in [0.25, 0.3) is 0 Å². The number of carbonyl (C=O) groups is 10. The van der Waals surface area contributed by atoms with Gasteiger partial charge in [0.25, 0.3) is 11.6 Å². The first-order valence-corrected chi connectivity index (χ1v) is 15.5. The van der Waals surface area contributed by atoms with Crippen molar-refractivity contribution in [1.82, 2.24) is 0 Å². The third kappa shape index (κ3) is 4.70. The Morgan fingerprint density at radius 3 is 1.19 bits per heavy atom. The average Bonchev–Trinajstić information content (AvgIpc) is 3.03. The van der Waals surface area contributed by atoms with Crippen LogP contribution in [0.2, 0.25) is 0 Å². The lowest BCUT2D eigenvalue weighted by molar-refractivity contribution is -0.466. The number of hydrogen-bond acceptors (Lipinski definition) is 21. The number of carbonyl (C=O) groups excluding carboxylic acids is 10. The Balaban J connectivity index is 3.69. The first kappa shape index (κ1) is 45.4. The zero-order chi connectivity index (χ0) is 42.3. The Morgan fingerprint density at radius 1 is 0.528 bits per heavy atom. The highest BCUT2D eigenvalue weighted by atomic mass is 16.8. The maximum Gasteiger partial charge on any atom is 0.271 e. The van der Waals surface area contributed by atoms with Gasteiger partial charge in [-0.15, -0.1) is 0 Å². The first-order valence-electron chi connectivity index (χ1n) is 15.5. The van der Waals surface area contributed by atoms with Crippen LogP contribution in [0.5, 0.6) is 0 Å². The summed E-state index contributed by atoms with van der Waals surface area (Å²) < 4.78 is 16.3. The van der Waals surface area contributed by atoms with Crippen LogP contribution in [0.1, 0.15) is 69.2 Å². The third-order valence-corrected chi connectivity index (χ3v) is 10.5. The van der Waals surface area contributed by atoms with Gasteiger partial charge in [0, 0.05) is 13.8 Å². The number of aliphatic hydroxyl groups excluding tert-OH is 2. The lowest BCUT2D eigenvalue weighted by atomic mass is 9.51. The molecule has 0 bridgehead atoms. The van der Waals surface area contributed by atoms with Gasteiger partial charge in [-0.1, -0.05) is 0 Å². The maximum absolute atomic E-state index is 14.1. The van der Waals surface area contributed by atoms with Crippen molar-refractivity contribution in [3.05, 3.63) is 0 Å². The van der Waals surface area contributed by atoms with E-state index in [0.29, 0.717) is 41.5 Å². The van der Waals surface area contributed by atoms with Crippen LogP contribution < -0.4 is 0 Å². The largest absolute Gasteiger partial charge is 0.394 e. The summed E-state index contributed by atoms with van der Waals surface area (Å²) in [5, 5.41) is 94.5. The third-order valence-electron chi connectivity index (χ3n) is 10.5. The zero-order valence-electron chi connectivity index (χ0n) is 30.2. The van der Waals surface area contributed by atoms with Gasteiger partial charge >= 0.3 is 0 Å². The minimum Gasteiger partial charge on any atom is -0.394 e. The second-order valence-electron chi connectivity index (χ2n) is 13.3. The van der Waals surface area contributed by atoms with Crippen molar-refractivity contribution in [2.24, 2.45) is 0 Å². The van der Waals surface area contributed by atoms with E-state index in [4.69, 9.17) is 14.2 Å². The van der Waals surface area contributed by atoms with E-state index in [0.717, 1.165) is 0 Å². The molecular weight excluding hydrogens is 720 g/mol. The van der Waals surface area contributed by atoms with Crippen molar-refractivity contribution < 1.29 is 103 Å². The van der Waals surface area contributed by atoms with Crippen LogP contribution in [0.15, 0.2) is 0 Å². The van der Waals surface area contributed by atoms with Crippen molar-refractivity contribution in [1.29, 1.82) is 0 Å². The van der Waals surface area contributed by atoms with Gasteiger partial charge in [-0.2, -0.15) is 0 Å². The molecule has 2 unspecified atom stereocenters. The predicted molar refractivity (Wildman–Crippen MR) is 165 cm³/mol. The molecule has 296 valence electrons. The number of ether oxygens (including phenoxy) is 3. The van der Waals surface area contributed by atoms with Gasteiger partial charge in [-0.05, 0) is 55.4 Å². The lowest BCUT2D eigenvalue weighted by Gasteiger charge is -2.68. The Morgan fingerprint density at radius 2 is 0.925 bits per heavy atom. The molecule has 2 heterocycles. The summed E-state index contributed by atoms with van der Waals surface area (Å²) >= 11 is 0. The molecule has 2 aliphatic rings. The predicted octanol–water partition coefficient (Wildman–Crippen LogP) is -5.81. The van der Waals surface area contributed by atoms with Crippen molar-refractivity contribution >= 4 is 57.8 Å². The number of aliphatic hydroxyl groups is 8. The summed E-state index contributed by atoms with van der Waals surface area (Å²) in [5.41, 5.74) is -31.7. The van der Waals surface area contributed by atoms with Gasteiger partial charge in [-0.25, -0.2) is 0 Å². The molecule has 0 aromatic heterocycles. The van der Waals surface area contributed by atoms with E-state index in [1.807, 2.05) is 0 Å². The van der Waals surface area contributed by atoms with Gasteiger partial charge in [0.15, 0.2) is 69.5 Å². The molecular formula is C32H42O21. The highest BCUT2D eigenvalue weighted by Crippen LogP contribution is 2.61. The Bertz CT molecular complexity index is 1720. The number of Topliss-reactive ketones (excluding diaryl/α,β-unsaturated/α-hetero) is 10. The zero-order valence-corrected chi connectivity index (χ0v) is 30.2. The van der Waals surface area contributed by atoms with Crippen molar-refractivity contribution in [2.75, 3.05) is 6.61 Å². The van der Waals surface area contributed by atoms with Crippen molar-refractivity contribution in [3.63, 3.8) is 0 Å². The Hall–Kier alpha value is -3.74. The highest BCUT2D eigenvalue weighted by molar-refractivity contribution is 6.14. The lowest BCUT2D eigenvalue weighted by Crippen LogP contribution is -2.98. The van der Waals surface area contributed by atoms with E-state index < -0.39 is 127 Å². The molecule has 0 aromatic carbocycles. The monoisotopic (exact) mass is 762 g/mol. The second kappa shape index (κ2) is 13.2. The van der Waals surface area contributed by atoms with Crippen LogP contribution >= 0.6 is 0 Å². The van der Waals surface area contributed by atoms with E-state index in [9.17, 15) is 88.8 Å². The van der Waals surface area contributed by atoms with E-state index in [2.05, 4.69) is 0 Å². The van der Waals surface area contributed by atoms with Crippen LogP contribution in [-0.4, -0.2) is 168 Å². The van der Waals surface area contributed by atoms with Crippen molar-refractivity contribution in [2.45, 2.75) is 132 Å². The van der Waals surface area contributed by atoms with Gasteiger partial charge in [0.1, 0.15) is 6.10 Å². The normalized spacial score (nSPS) is 41.8. The summed E-state index contributed by atoms with van der Waals surface area (Å²) in [5.74, 6) is -28.7. The Kier molecular flexibility index (Phi) is 11.3. The second-order valence-corrected chi connectivity index (χ2v) is 13.3. The fraction of sp³-hybridized carbons (Fsp3) is 0.688. The molecule has 21 nitrogen and oxygen atoms in total. The summed E-state index contributed by atoms with van der Waals surface area (Å²) in [6.45, 7) is 1.32. The number of rotatable bonds is 14. The molecule has 0 spiro atoms. The summed E-state index contributed by atoms with van der Waals surface area (Å²) in [4.78, 5) is 135. The van der Waals surface area contributed by atoms with Gasteiger partial charge in [-0.3, -0.25) is 47.9 Å². The quantitative estimate of drug-likeness (QED) is 0.0817. The Labute approximate surface area is 299 Å². The molecule has 2 rings (SSSR count). The molecule has 53 heavy (non-hydrogen) atoms. The summed E-state index contributed by atoms with van der Waals surface area (Å²) in [6, 6.07) is 0. The maximum atomic E-state index is 14.1. The number of hydrogen-bond donors (Lipinski definition) is 8. The average molecular weight is 763 g/mol. The fourth-order valence-corrected chi connectivity index (χ4v) is 7.76. The SMILES string of the molecule is CC(=O)C(O)[C@@]1(C(C)=O)O[C@](O[C@]2(C(C)=O)[C@@H](CO)OC(O)(C(C)=O)[C@@](O)(C(C)=O)[C@]2(O)C(C)=O)(C(C)=O)[C@@](O)(C(C)=O)[C@](O)(C(C)=O)[C@]1(O)C(C)=O. The molecule has 0 aliphatic carbocycles. The molecule has 2 aliphatic heterocycles. The topological polar surface area (TPSA) is 360 Å². The molecule has 0 saturated carbocycles. The van der Waals surface area contributed by atoms with Gasteiger partial charge in [0.05, 0.1) is 6.61 Å². The van der Waals surface area contributed by atoms with Gasteiger partial charge < -0.3 is 55.1 Å². The molecule has 8 N–H and O–H groups in total. The molecule has 11 atom stereocenters. The fourth-order valence-electron chi connectivity index (χ4n) is 7.76. The summed E-state index contributed by atoms with van der Waals surface area (Å²) in [7, 11) is 0. The van der Waals surface area contributed by atoms with Crippen LogP contribution in [0.4, 0.5) is 0 Å². The van der Waals surface area contributed by atoms with Gasteiger partial charge in [0.2, 0.25) is 33.6 Å². The first-order chi connectivity index (χ1) is 23.7. The highest BCUT2D eigenvalue weighted by Gasteiger charge is 2.93. The minimum absolute atomic E-state index is 0.235.